The Labute approximate surface area is 93.6 Å². The second-order valence-electron chi connectivity index (χ2n) is 4.07. The van der Waals surface area contributed by atoms with Gasteiger partial charge in [-0.2, -0.15) is 0 Å². The van der Waals surface area contributed by atoms with Crippen LogP contribution in [0.1, 0.15) is 11.3 Å². The molecule has 3 rings (SSSR count). The monoisotopic (exact) mass is 209 g/mol. The van der Waals surface area contributed by atoms with Crippen molar-refractivity contribution in [1.82, 2.24) is 4.98 Å². The van der Waals surface area contributed by atoms with Crippen LogP contribution in [0.25, 0.3) is 16.8 Å². The first-order chi connectivity index (χ1) is 7.88. The summed E-state index contributed by atoms with van der Waals surface area (Å²) in [6.45, 7) is 0. The molecule has 2 aromatic rings. The van der Waals surface area contributed by atoms with Gasteiger partial charge in [-0.25, -0.2) is 0 Å². The molecule has 1 aromatic heterocycles. The van der Waals surface area contributed by atoms with E-state index in [0.29, 0.717) is 0 Å². The number of allylic oxidation sites excluding steroid dienone is 1. The van der Waals surface area contributed by atoms with E-state index in [1.165, 1.54) is 10.9 Å². The summed E-state index contributed by atoms with van der Waals surface area (Å²) in [6.07, 6.45) is 7.53. The molecule has 16 heavy (non-hydrogen) atoms. The molecule has 0 bridgehead atoms. The Morgan fingerprint density at radius 2 is 2.19 bits per heavy atom. The van der Waals surface area contributed by atoms with Gasteiger partial charge in [-0.3, -0.25) is 4.98 Å². The highest BCUT2D eigenvalue weighted by atomic mass is 16.1. The number of carbonyl (C=O) groups is 1. The first-order valence-corrected chi connectivity index (χ1v) is 5.38. The fourth-order valence-corrected chi connectivity index (χ4v) is 2.21. The average Bonchev–Trinajstić information content (AvgIpc) is 2.38. The molecule has 1 unspecified atom stereocenters. The van der Waals surface area contributed by atoms with Gasteiger partial charge in [-0.1, -0.05) is 30.3 Å². The van der Waals surface area contributed by atoms with Gasteiger partial charge in [0.25, 0.3) is 0 Å². The van der Waals surface area contributed by atoms with Crippen molar-refractivity contribution in [2.75, 3.05) is 0 Å². The predicted molar refractivity (Wildman–Crippen MR) is 64.0 cm³/mol. The molecule has 1 atom stereocenters. The highest BCUT2D eigenvalue weighted by molar-refractivity contribution is 5.88. The van der Waals surface area contributed by atoms with Gasteiger partial charge >= 0.3 is 0 Å². The third kappa shape index (κ3) is 1.34. The van der Waals surface area contributed by atoms with Crippen LogP contribution >= 0.6 is 0 Å². The zero-order chi connectivity index (χ0) is 11.0. The van der Waals surface area contributed by atoms with Crippen molar-refractivity contribution in [2.24, 2.45) is 5.92 Å². The summed E-state index contributed by atoms with van der Waals surface area (Å²) in [5, 5.41) is 2.35. The number of aromatic nitrogens is 1. The molecule has 2 nitrogen and oxygen atoms in total. The summed E-state index contributed by atoms with van der Waals surface area (Å²) >= 11 is 0. The van der Waals surface area contributed by atoms with Gasteiger partial charge in [0.1, 0.15) is 6.29 Å². The number of rotatable bonds is 1. The van der Waals surface area contributed by atoms with E-state index in [0.717, 1.165) is 23.8 Å². The zero-order valence-corrected chi connectivity index (χ0v) is 8.76. The lowest BCUT2D eigenvalue weighted by atomic mass is 9.90. The van der Waals surface area contributed by atoms with Gasteiger partial charge in [0.2, 0.25) is 0 Å². The molecular weight excluding hydrogens is 198 g/mol. The van der Waals surface area contributed by atoms with Crippen molar-refractivity contribution in [3.8, 4) is 0 Å². The van der Waals surface area contributed by atoms with E-state index < -0.39 is 0 Å². The zero-order valence-electron chi connectivity index (χ0n) is 8.76. The topological polar surface area (TPSA) is 30.0 Å². The Morgan fingerprint density at radius 1 is 1.31 bits per heavy atom. The highest BCUT2D eigenvalue weighted by Crippen LogP contribution is 2.27. The lowest BCUT2D eigenvalue weighted by Crippen LogP contribution is -2.09. The van der Waals surface area contributed by atoms with Crippen LogP contribution in [0.4, 0.5) is 0 Å². The molecule has 0 fully saturated rings. The number of hydrogen-bond acceptors (Lipinski definition) is 2. The molecule has 0 amide bonds. The fraction of sp³-hybridized carbons (Fsp3) is 0.143. The molecule has 1 aliphatic rings. The van der Waals surface area contributed by atoms with Crippen LogP contribution in [0.5, 0.6) is 0 Å². The summed E-state index contributed by atoms with van der Waals surface area (Å²) in [7, 11) is 0. The minimum absolute atomic E-state index is 0.0000983. The van der Waals surface area contributed by atoms with Gasteiger partial charge in [0, 0.05) is 17.5 Å². The van der Waals surface area contributed by atoms with Crippen molar-refractivity contribution in [3.05, 3.63) is 47.8 Å². The summed E-state index contributed by atoms with van der Waals surface area (Å²) in [5.41, 5.74) is 2.19. The summed E-state index contributed by atoms with van der Waals surface area (Å²) in [4.78, 5) is 15.2. The first kappa shape index (κ1) is 9.28. The molecule has 2 heteroatoms. The van der Waals surface area contributed by atoms with Crippen LogP contribution in [0.2, 0.25) is 0 Å². The van der Waals surface area contributed by atoms with E-state index in [4.69, 9.17) is 0 Å². The van der Waals surface area contributed by atoms with E-state index in [9.17, 15) is 4.79 Å². The van der Waals surface area contributed by atoms with E-state index in [-0.39, 0.29) is 5.92 Å². The van der Waals surface area contributed by atoms with Crippen LogP contribution in [0.15, 0.2) is 36.5 Å². The number of nitrogens with zero attached hydrogens (tertiary/aromatic N) is 1. The molecule has 1 aromatic carbocycles. The highest BCUT2D eigenvalue weighted by Gasteiger charge is 2.16. The Bertz CT molecular complexity index is 586. The van der Waals surface area contributed by atoms with Gasteiger partial charge < -0.3 is 4.79 Å². The Kier molecular flexibility index (Phi) is 2.07. The van der Waals surface area contributed by atoms with Crippen LogP contribution in [-0.2, 0) is 11.2 Å². The number of carbonyl (C=O) groups excluding carboxylic acids is 1. The van der Waals surface area contributed by atoms with Crippen molar-refractivity contribution in [3.63, 3.8) is 0 Å². The molecule has 1 aliphatic carbocycles. The number of aldehydes is 1. The maximum Gasteiger partial charge on any atom is 0.127 e. The molecule has 0 radical (unpaired) electrons. The first-order valence-electron chi connectivity index (χ1n) is 5.38. The van der Waals surface area contributed by atoms with Gasteiger partial charge in [-0.05, 0) is 23.4 Å². The molecule has 0 spiro atoms. The fourth-order valence-electron chi connectivity index (χ4n) is 2.21. The lowest BCUT2D eigenvalue weighted by molar-refractivity contribution is -0.109. The quantitative estimate of drug-likeness (QED) is 0.676. The van der Waals surface area contributed by atoms with Crippen LogP contribution in [0.3, 0.4) is 0 Å². The SMILES string of the molecule is O=CC1C=Cc2ncc3ccccc3c2C1. The normalized spacial score (nSPS) is 18.4. The standard InChI is InChI=1S/C14H11NO/c16-9-10-5-6-14-13(7-10)12-4-2-1-3-11(12)8-15-14/h1-6,8-10H,7H2. The second-order valence-corrected chi connectivity index (χ2v) is 4.07. The largest absolute Gasteiger partial charge is 0.303 e. The van der Waals surface area contributed by atoms with Crippen LogP contribution < -0.4 is 0 Å². The number of fused-ring (bicyclic) bond motifs is 3. The predicted octanol–water partition coefficient (Wildman–Crippen LogP) is 2.62. The van der Waals surface area contributed by atoms with Crippen molar-refractivity contribution < 1.29 is 4.79 Å². The third-order valence-electron chi connectivity index (χ3n) is 3.05. The molecule has 0 N–H and O–H groups in total. The van der Waals surface area contributed by atoms with Crippen molar-refractivity contribution >= 4 is 23.1 Å². The Hall–Kier alpha value is -1.96. The van der Waals surface area contributed by atoms with Crippen molar-refractivity contribution in [2.45, 2.75) is 6.42 Å². The molecular formula is C14H11NO. The maximum absolute atomic E-state index is 10.8. The Morgan fingerprint density at radius 3 is 3.06 bits per heavy atom. The van der Waals surface area contributed by atoms with Crippen LogP contribution in [-0.4, -0.2) is 11.3 Å². The van der Waals surface area contributed by atoms with Gasteiger partial charge in [-0.15, -0.1) is 0 Å². The van der Waals surface area contributed by atoms with E-state index in [1.54, 1.807) is 0 Å². The minimum atomic E-state index is 0.0000983. The van der Waals surface area contributed by atoms with E-state index in [2.05, 4.69) is 17.1 Å². The average molecular weight is 209 g/mol. The molecule has 78 valence electrons. The lowest BCUT2D eigenvalue weighted by Gasteiger charge is -2.16. The van der Waals surface area contributed by atoms with Crippen LogP contribution in [0, 0.1) is 5.92 Å². The summed E-state index contributed by atoms with van der Waals surface area (Å²) in [6, 6.07) is 8.18. The number of benzene rings is 1. The van der Waals surface area contributed by atoms with E-state index >= 15 is 0 Å². The molecule has 0 aliphatic heterocycles. The summed E-state index contributed by atoms with van der Waals surface area (Å²) < 4.78 is 0. The number of hydrogen-bond donors (Lipinski definition) is 0. The smallest absolute Gasteiger partial charge is 0.127 e. The Balaban J connectivity index is 2.27. The molecule has 1 heterocycles. The summed E-state index contributed by atoms with van der Waals surface area (Å²) in [5.74, 6) is 0.0000983. The number of pyridine rings is 1. The van der Waals surface area contributed by atoms with Crippen molar-refractivity contribution in [1.29, 1.82) is 0 Å². The van der Waals surface area contributed by atoms with E-state index in [1.807, 2.05) is 30.5 Å². The molecule has 0 saturated carbocycles. The maximum atomic E-state index is 10.8. The molecule has 0 saturated heterocycles. The minimum Gasteiger partial charge on any atom is -0.303 e. The second kappa shape index (κ2) is 3.56. The van der Waals surface area contributed by atoms with Gasteiger partial charge in [0.05, 0.1) is 5.69 Å². The third-order valence-corrected chi connectivity index (χ3v) is 3.05. The van der Waals surface area contributed by atoms with Gasteiger partial charge in [0.15, 0.2) is 0 Å².